The van der Waals surface area contributed by atoms with Crippen LogP contribution in [0.15, 0.2) is 103 Å². The summed E-state index contributed by atoms with van der Waals surface area (Å²) in [4.78, 5) is 56.5. The van der Waals surface area contributed by atoms with Crippen molar-refractivity contribution in [2.45, 2.75) is 115 Å². The van der Waals surface area contributed by atoms with Crippen LogP contribution in [0.25, 0.3) is 0 Å². The number of carbonyl (C=O) groups excluding carboxylic acids is 5. The Kier molecular flexibility index (Phi) is 24.1. The van der Waals surface area contributed by atoms with Crippen molar-refractivity contribution in [1.29, 1.82) is 0 Å². The molecule has 460 valence electrons. The summed E-state index contributed by atoms with van der Waals surface area (Å²) in [6.45, 7) is 35.1. The van der Waals surface area contributed by atoms with Crippen molar-refractivity contribution in [2.75, 3.05) is 99.1 Å². The molecule has 0 aromatic heterocycles. The molecule has 6 saturated heterocycles. The van der Waals surface area contributed by atoms with E-state index in [-0.39, 0.29) is 66.1 Å². The average molecular weight is 1180 g/mol. The number of hydrogen-bond donors (Lipinski definition) is 0. The molecule has 4 aliphatic carbocycles. The third-order valence-corrected chi connectivity index (χ3v) is 13.9. The molecule has 4 bridgehead atoms. The number of hydrogen-bond acceptors (Lipinski definition) is 21. The van der Waals surface area contributed by atoms with Gasteiger partial charge in [-0.25, -0.2) is 24.0 Å². The van der Waals surface area contributed by atoms with Gasteiger partial charge in [-0.05, 0) is 115 Å². The van der Waals surface area contributed by atoms with Crippen LogP contribution in [0.5, 0.6) is 28.7 Å². The highest BCUT2D eigenvalue weighted by atomic mass is 16.6. The summed E-state index contributed by atoms with van der Waals surface area (Å²) in [5.41, 5.74) is 2.01. The quantitative estimate of drug-likeness (QED) is 0.0199. The van der Waals surface area contributed by atoms with Crippen molar-refractivity contribution in [3.63, 3.8) is 0 Å². The van der Waals surface area contributed by atoms with E-state index in [9.17, 15) is 24.0 Å². The largest absolute Gasteiger partial charge is 0.491 e. The zero-order valence-corrected chi connectivity index (χ0v) is 49.1. The van der Waals surface area contributed by atoms with Crippen LogP contribution in [0.2, 0.25) is 0 Å². The van der Waals surface area contributed by atoms with E-state index in [4.69, 9.17) is 75.8 Å². The van der Waals surface area contributed by atoms with Gasteiger partial charge in [0.1, 0.15) is 104 Å². The lowest BCUT2D eigenvalue weighted by Crippen LogP contribution is -2.58. The number of carbonyl (C=O) groups is 5. The molecule has 10 fully saturated rings. The number of ether oxygens (including phenoxy) is 16. The Labute approximate surface area is 491 Å². The van der Waals surface area contributed by atoms with Gasteiger partial charge in [0.15, 0.2) is 0 Å². The summed E-state index contributed by atoms with van der Waals surface area (Å²) >= 11 is 0. The number of epoxide rings is 6. The first-order chi connectivity index (χ1) is 40.1. The third-order valence-electron chi connectivity index (χ3n) is 13.9. The van der Waals surface area contributed by atoms with Crippen LogP contribution in [0, 0.1) is 17.3 Å². The minimum atomic E-state index is -0.487. The van der Waals surface area contributed by atoms with Crippen LogP contribution in [0.4, 0.5) is 0 Å². The fourth-order valence-electron chi connectivity index (χ4n) is 9.48. The van der Waals surface area contributed by atoms with Crippen LogP contribution < -0.4 is 23.7 Å². The second-order valence-corrected chi connectivity index (χ2v) is 22.8. The first-order valence-electron chi connectivity index (χ1n) is 28.4. The standard InChI is InChI=1S/C18H26O4.C16H18O6.C13H14O4.C9H14O4.C7H10O3/c1-12(2)16(19)22-18-6-13-3-14(7-18)5-17(4-13,10-18)11-20-8-15-9-21-15;1-10(2)16(17)22-13-4-11(18-6-14-8-20-14)3-12(5-13)19-7-15-9-21-15;1-9(2)13(14)17-11-5-3-10(4-6-11)15-7-12-8-16-12;1-7(2)9(10)12-4-3-11-5-8-6-13-8;1-5(2)7(8)10-4-6-3-9-6/h13-15H,1,3-11H2,2H3;3-5,14-15H,1,6-9H2,2H3;3-6,12H,1,7-8H2,2H3;8H,1,3-6H2,2H3;6H,1,3-4H2,2H3. The minimum absolute atomic E-state index is 0.142. The maximum Gasteiger partial charge on any atom is 0.338 e. The van der Waals surface area contributed by atoms with Crippen LogP contribution in [0.3, 0.4) is 0 Å². The second kappa shape index (κ2) is 31.1. The van der Waals surface area contributed by atoms with Crippen LogP contribution >= 0.6 is 0 Å². The lowest BCUT2D eigenvalue weighted by atomic mass is 9.48. The van der Waals surface area contributed by atoms with Gasteiger partial charge < -0.3 is 75.8 Å². The van der Waals surface area contributed by atoms with Crippen LogP contribution in [0.1, 0.15) is 73.1 Å². The van der Waals surface area contributed by atoms with Gasteiger partial charge >= 0.3 is 29.8 Å². The van der Waals surface area contributed by atoms with E-state index in [1.807, 2.05) is 0 Å². The number of benzene rings is 2. The molecular formula is C63H82O21. The molecule has 6 aliphatic heterocycles. The van der Waals surface area contributed by atoms with E-state index in [2.05, 4.69) is 32.9 Å². The molecule has 0 spiro atoms. The molecular weight excluding hydrogens is 1090 g/mol. The van der Waals surface area contributed by atoms with E-state index in [1.165, 1.54) is 19.3 Å². The summed E-state index contributed by atoms with van der Waals surface area (Å²) < 4.78 is 83.9. The summed E-state index contributed by atoms with van der Waals surface area (Å²) in [6.07, 6.45) is 8.07. The summed E-state index contributed by atoms with van der Waals surface area (Å²) in [5, 5.41) is 0. The minimum Gasteiger partial charge on any atom is -0.491 e. The molecule has 21 heteroatoms. The predicted molar refractivity (Wildman–Crippen MR) is 303 cm³/mol. The van der Waals surface area contributed by atoms with Crippen molar-refractivity contribution in [1.82, 2.24) is 0 Å². The Bertz CT molecular complexity index is 2590. The van der Waals surface area contributed by atoms with E-state index in [1.54, 1.807) is 77.1 Å². The van der Waals surface area contributed by atoms with E-state index in [0.29, 0.717) is 128 Å². The summed E-state index contributed by atoms with van der Waals surface area (Å²) in [5.74, 6) is 2.25. The SMILES string of the molecule is C=C(C)C(=O)OC12CC3CC(CC(COCC4CO4)(C3)C1)C2.C=C(C)C(=O)OCC1CO1.C=C(C)C(=O)OCCOCC1CO1.C=C(C)C(=O)Oc1cc(OCC2CO2)cc(OCC2CO2)c1.C=C(C)C(=O)Oc1ccc(OCC2CO2)cc1. The first kappa shape index (κ1) is 65.1. The van der Waals surface area contributed by atoms with Gasteiger partial charge in [-0.2, -0.15) is 0 Å². The average Bonchev–Trinajstić information content (AvgIpc) is 2.06. The topological polar surface area (TPSA) is 253 Å². The summed E-state index contributed by atoms with van der Waals surface area (Å²) in [7, 11) is 0. The molecule has 2 aromatic rings. The van der Waals surface area contributed by atoms with Crippen molar-refractivity contribution in [3.8, 4) is 28.7 Å². The maximum atomic E-state index is 12.1. The Hall–Kier alpha value is -6.43. The molecule has 4 saturated carbocycles. The predicted octanol–water partition coefficient (Wildman–Crippen LogP) is 7.55. The van der Waals surface area contributed by atoms with Crippen molar-refractivity contribution >= 4 is 29.8 Å². The van der Waals surface area contributed by atoms with E-state index >= 15 is 0 Å². The molecule has 6 heterocycles. The molecule has 10 aliphatic rings. The molecule has 0 radical (unpaired) electrons. The van der Waals surface area contributed by atoms with Gasteiger partial charge in [-0.3, -0.25) is 0 Å². The van der Waals surface area contributed by atoms with Crippen molar-refractivity contribution < 1.29 is 99.8 Å². The molecule has 21 nitrogen and oxygen atoms in total. The number of esters is 5. The van der Waals surface area contributed by atoms with Gasteiger partial charge in [0.05, 0.1) is 66.1 Å². The molecule has 12 rings (SSSR count). The van der Waals surface area contributed by atoms with Gasteiger partial charge in [-0.15, -0.1) is 0 Å². The Morgan fingerprint density at radius 1 is 0.440 bits per heavy atom. The Morgan fingerprint density at radius 2 is 0.821 bits per heavy atom. The Balaban J connectivity index is 0.000000155. The van der Waals surface area contributed by atoms with Gasteiger partial charge in [0, 0.05) is 46.1 Å². The molecule has 0 amide bonds. The van der Waals surface area contributed by atoms with Crippen LogP contribution in [-0.4, -0.2) is 171 Å². The molecule has 84 heavy (non-hydrogen) atoms. The number of rotatable bonds is 28. The molecule has 2 aromatic carbocycles. The lowest BCUT2D eigenvalue weighted by molar-refractivity contribution is -0.206. The maximum absolute atomic E-state index is 12.1. The van der Waals surface area contributed by atoms with E-state index < -0.39 is 11.9 Å². The third kappa shape index (κ3) is 24.3. The van der Waals surface area contributed by atoms with Gasteiger partial charge in [0.2, 0.25) is 0 Å². The van der Waals surface area contributed by atoms with E-state index in [0.717, 1.165) is 58.0 Å². The molecule has 8 atom stereocenters. The zero-order chi connectivity index (χ0) is 60.4. The van der Waals surface area contributed by atoms with Crippen LogP contribution in [-0.2, 0) is 76.1 Å². The highest BCUT2D eigenvalue weighted by Crippen LogP contribution is 2.63. The molecule has 0 N–H and O–H groups in total. The fraction of sp³-hybridized carbons (Fsp3) is 0.571. The monoisotopic (exact) mass is 1170 g/mol. The van der Waals surface area contributed by atoms with Crippen molar-refractivity contribution in [3.05, 3.63) is 103 Å². The normalized spacial score (nSPS) is 26.6. The Morgan fingerprint density at radius 3 is 1.27 bits per heavy atom. The fourth-order valence-corrected chi connectivity index (χ4v) is 9.48. The highest BCUT2D eigenvalue weighted by molar-refractivity contribution is 5.90. The molecule has 8 unspecified atom stereocenters. The zero-order valence-electron chi connectivity index (χ0n) is 49.1. The lowest BCUT2D eigenvalue weighted by Gasteiger charge is -2.61. The second-order valence-electron chi connectivity index (χ2n) is 22.8. The summed E-state index contributed by atoms with van der Waals surface area (Å²) in [6, 6.07) is 11.9. The van der Waals surface area contributed by atoms with Crippen molar-refractivity contribution in [2.24, 2.45) is 17.3 Å². The van der Waals surface area contributed by atoms with Gasteiger partial charge in [0.25, 0.3) is 0 Å². The first-order valence-corrected chi connectivity index (χ1v) is 28.4. The highest BCUT2D eigenvalue weighted by Gasteiger charge is 2.59. The smallest absolute Gasteiger partial charge is 0.338 e. The van der Waals surface area contributed by atoms with Gasteiger partial charge in [-0.1, -0.05) is 32.9 Å².